The zero-order chi connectivity index (χ0) is 17.4. The number of benzene rings is 1. The lowest BCUT2D eigenvalue weighted by molar-refractivity contribution is 0.0649. The molecule has 1 saturated carbocycles. The van der Waals surface area contributed by atoms with Gasteiger partial charge in [-0.25, -0.2) is 0 Å². The standard InChI is InChI=1S/C22H34N2O/c1-22-11-13-24(2)20(14-17-8-9-18(25)15-19(17)22)21(22)23-12-10-16-6-4-3-5-7-16/h8-9,15-16,20-21,23,25H,3-7,10-14H2,1-2H3/t20-,21-,22-/m1/s1. The van der Waals surface area contributed by atoms with E-state index in [1.165, 1.54) is 49.7 Å². The molecular weight excluding hydrogens is 308 g/mol. The Hall–Kier alpha value is -1.06. The highest BCUT2D eigenvalue weighted by atomic mass is 16.3. The monoisotopic (exact) mass is 342 g/mol. The van der Waals surface area contributed by atoms with Gasteiger partial charge in [-0.1, -0.05) is 45.1 Å². The van der Waals surface area contributed by atoms with Crippen LogP contribution in [-0.2, 0) is 11.8 Å². The van der Waals surface area contributed by atoms with Crippen LogP contribution in [0.2, 0.25) is 0 Å². The molecule has 2 aliphatic carbocycles. The van der Waals surface area contributed by atoms with Crippen LogP contribution in [-0.4, -0.2) is 42.2 Å². The molecule has 3 heteroatoms. The number of phenols is 1. The van der Waals surface area contributed by atoms with Gasteiger partial charge in [0.2, 0.25) is 0 Å². The summed E-state index contributed by atoms with van der Waals surface area (Å²) in [6, 6.07) is 7.10. The van der Waals surface area contributed by atoms with Gasteiger partial charge in [0.1, 0.15) is 5.75 Å². The number of hydrogen-bond acceptors (Lipinski definition) is 3. The van der Waals surface area contributed by atoms with Gasteiger partial charge < -0.3 is 15.3 Å². The normalized spacial score (nSPS) is 33.2. The molecule has 3 atom stereocenters. The smallest absolute Gasteiger partial charge is 0.115 e. The van der Waals surface area contributed by atoms with Crippen LogP contribution < -0.4 is 5.32 Å². The van der Waals surface area contributed by atoms with Crippen LogP contribution in [0.5, 0.6) is 5.75 Å². The Balaban J connectivity index is 1.52. The van der Waals surface area contributed by atoms with Crippen LogP contribution in [0.3, 0.4) is 0 Å². The van der Waals surface area contributed by atoms with Crippen molar-refractivity contribution in [1.82, 2.24) is 10.2 Å². The number of phenolic OH excluding ortho intramolecular Hbond substituents is 1. The zero-order valence-corrected chi connectivity index (χ0v) is 15.9. The molecule has 138 valence electrons. The second kappa shape index (κ2) is 6.92. The minimum Gasteiger partial charge on any atom is -0.508 e. The third kappa shape index (κ3) is 3.21. The first-order chi connectivity index (χ1) is 12.1. The van der Waals surface area contributed by atoms with E-state index in [1.54, 1.807) is 0 Å². The maximum Gasteiger partial charge on any atom is 0.115 e. The first-order valence-corrected chi connectivity index (χ1v) is 10.3. The Morgan fingerprint density at radius 3 is 2.84 bits per heavy atom. The summed E-state index contributed by atoms with van der Waals surface area (Å²) in [5.41, 5.74) is 2.95. The van der Waals surface area contributed by atoms with Crippen LogP contribution in [0, 0.1) is 5.92 Å². The number of hydrogen-bond donors (Lipinski definition) is 2. The second-order valence-electron chi connectivity index (χ2n) is 8.99. The lowest BCUT2D eigenvalue weighted by atomic mass is 9.61. The summed E-state index contributed by atoms with van der Waals surface area (Å²) < 4.78 is 0. The molecule has 25 heavy (non-hydrogen) atoms. The lowest BCUT2D eigenvalue weighted by Gasteiger charge is -2.55. The van der Waals surface area contributed by atoms with Crippen LogP contribution in [0.25, 0.3) is 0 Å². The molecule has 2 fully saturated rings. The van der Waals surface area contributed by atoms with Gasteiger partial charge >= 0.3 is 0 Å². The Bertz CT molecular complexity index is 610. The van der Waals surface area contributed by atoms with E-state index in [0.29, 0.717) is 17.8 Å². The van der Waals surface area contributed by atoms with Crippen molar-refractivity contribution in [3.05, 3.63) is 29.3 Å². The molecule has 1 heterocycles. The summed E-state index contributed by atoms with van der Waals surface area (Å²) in [5.74, 6) is 1.35. The highest BCUT2D eigenvalue weighted by molar-refractivity contribution is 5.45. The molecule has 0 unspecified atom stereocenters. The van der Waals surface area contributed by atoms with Crippen LogP contribution in [0.1, 0.15) is 63.0 Å². The molecule has 1 aromatic carbocycles. The van der Waals surface area contributed by atoms with E-state index in [1.807, 2.05) is 12.1 Å². The molecule has 1 saturated heterocycles. The van der Waals surface area contributed by atoms with Gasteiger partial charge in [0.05, 0.1) is 0 Å². The van der Waals surface area contributed by atoms with E-state index in [2.05, 4.69) is 30.3 Å². The van der Waals surface area contributed by atoms with E-state index in [9.17, 15) is 5.11 Å². The van der Waals surface area contributed by atoms with Crippen molar-refractivity contribution in [2.24, 2.45) is 5.92 Å². The summed E-state index contributed by atoms with van der Waals surface area (Å²) >= 11 is 0. The topological polar surface area (TPSA) is 35.5 Å². The molecule has 3 aliphatic rings. The molecular formula is C22H34N2O. The fourth-order valence-electron chi connectivity index (χ4n) is 5.76. The molecule has 2 N–H and O–H groups in total. The first kappa shape index (κ1) is 17.4. The number of piperidine rings is 1. The van der Waals surface area contributed by atoms with Gasteiger partial charge in [0.25, 0.3) is 0 Å². The predicted octanol–water partition coefficient (Wildman–Crippen LogP) is 3.84. The maximum atomic E-state index is 10.1. The fourth-order valence-corrected chi connectivity index (χ4v) is 5.76. The number of nitrogens with zero attached hydrogens (tertiary/aromatic N) is 1. The van der Waals surface area contributed by atoms with Crippen LogP contribution in [0.15, 0.2) is 18.2 Å². The molecule has 0 aromatic heterocycles. The first-order valence-electron chi connectivity index (χ1n) is 10.3. The third-order valence-corrected chi connectivity index (χ3v) is 7.40. The van der Waals surface area contributed by atoms with Crippen LogP contribution in [0.4, 0.5) is 0 Å². The molecule has 3 nitrogen and oxygen atoms in total. The van der Waals surface area contributed by atoms with Crippen LogP contribution >= 0.6 is 0 Å². The quantitative estimate of drug-likeness (QED) is 0.873. The van der Waals surface area contributed by atoms with Crippen molar-refractivity contribution in [2.45, 2.75) is 75.8 Å². The summed E-state index contributed by atoms with van der Waals surface area (Å²) in [7, 11) is 2.28. The van der Waals surface area contributed by atoms with E-state index in [4.69, 9.17) is 0 Å². The molecule has 0 radical (unpaired) electrons. The van der Waals surface area contributed by atoms with Crippen molar-refractivity contribution in [2.75, 3.05) is 20.1 Å². The summed E-state index contributed by atoms with van der Waals surface area (Å²) in [5, 5.41) is 14.0. The minimum atomic E-state index is 0.135. The molecule has 1 aromatic rings. The summed E-state index contributed by atoms with van der Waals surface area (Å²) in [4.78, 5) is 2.55. The maximum absolute atomic E-state index is 10.1. The highest BCUT2D eigenvalue weighted by Gasteiger charge is 2.49. The average molecular weight is 343 g/mol. The van der Waals surface area contributed by atoms with Crippen molar-refractivity contribution in [1.29, 1.82) is 0 Å². The number of likely N-dealkylation sites (N-methyl/N-ethyl adjacent to an activating group) is 1. The van der Waals surface area contributed by atoms with Gasteiger partial charge in [-0.3, -0.25) is 0 Å². The number of fused-ring (bicyclic) bond motifs is 4. The summed E-state index contributed by atoms with van der Waals surface area (Å²) in [6.45, 7) is 4.71. The van der Waals surface area contributed by atoms with Gasteiger partial charge in [-0.2, -0.15) is 0 Å². The van der Waals surface area contributed by atoms with E-state index in [-0.39, 0.29) is 5.41 Å². The summed E-state index contributed by atoms with van der Waals surface area (Å²) in [6.07, 6.45) is 10.8. The predicted molar refractivity (Wildman–Crippen MR) is 103 cm³/mol. The second-order valence-corrected chi connectivity index (χ2v) is 8.99. The van der Waals surface area contributed by atoms with Gasteiger partial charge in [0, 0.05) is 17.5 Å². The van der Waals surface area contributed by atoms with Crippen molar-refractivity contribution >= 4 is 0 Å². The van der Waals surface area contributed by atoms with Gasteiger partial charge in [-0.05, 0) is 68.6 Å². The number of aromatic hydroxyl groups is 1. The Labute approximate surface area is 152 Å². The van der Waals surface area contributed by atoms with E-state index < -0.39 is 0 Å². The molecule has 4 rings (SSSR count). The highest BCUT2D eigenvalue weighted by Crippen LogP contribution is 2.45. The third-order valence-electron chi connectivity index (χ3n) is 7.40. The molecule has 0 spiro atoms. The Kier molecular flexibility index (Phi) is 4.81. The average Bonchev–Trinajstić information content (AvgIpc) is 2.62. The minimum absolute atomic E-state index is 0.135. The number of rotatable bonds is 4. The lowest BCUT2D eigenvalue weighted by Crippen LogP contribution is -2.66. The van der Waals surface area contributed by atoms with E-state index in [0.717, 1.165) is 31.8 Å². The van der Waals surface area contributed by atoms with Gasteiger partial charge in [0.15, 0.2) is 0 Å². The zero-order valence-electron chi connectivity index (χ0n) is 15.9. The fraction of sp³-hybridized carbons (Fsp3) is 0.727. The molecule has 0 amide bonds. The van der Waals surface area contributed by atoms with E-state index >= 15 is 0 Å². The largest absolute Gasteiger partial charge is 0.508 e. The van der Waals surface area contributed by atoms with Crippen molar-refractivity contribution in [3.8, 4) is 5.75 Å². The number of likely N-dealkylation sites (tertiary alicyclic amines) is 1. The number of nitrogens with one attached hydrogen (secondary N) is 1. The van der Waals surface area contributed by atoms with Crippen molar-refractivity contribution in [3.63, 3.8) is 0 Å². The SMILES string of the molecule is CN1CC[C@]2(C)c3cc(O)ccc3C[C@@H]1[C@H]2NCCC1CCCCC1. The van der Waals surface area contributed by atoms with Gasteiger partial charge in [-0.15, -0.1) is 0 Å². The Morgan fingerprint density at radius 2 is 2.04 bits per heavy atom. The molecule has 1 aliphatic heterocycles. The van der Waals surface area contributed by atoms with Crippen molar-refractivity contribution < 1.29 is 5.11 Å². The Morgan fingerprint density at radius 1 is 1.24 bits per heavy atom. The molecule has 2 bridgehead atoms.